The normalized spacial score (nSPS) is 12.7. The molecule has 2 N–H and O–H groups in total. The number of aromatic nitrogens is 1. The first-order valence-corrected chi connectivity index (χ1v) is 8.09. The Bertz CT molecular complexity index is 728. The number of rotatable bonds is 4. The van der Waals surface area contributed by atoms with Crippen LogP contribution in [0.25, 0.3) is 10.2 Å². The standard InChI is InChI=1S/C18H20N2S/c1-12-7-8-14(9-13(12)2)10-15(19)11-18-20-16-5-3-4-6-17(16)21-18/h3-9,15H,10-11,19H2,1-2H3. The number of benzene rings is 2. The van der Waals surface area contributed by atoms with Crippen LogP contribution in [0.3, 0.4) is 0 Å². The Balaban J connectivity index is 1.70. The molecule has 3 heteroatoms. The molecule has 0 aliphatic carbocycles. The second-order valence-electron chi connectivity index (χ2n) is 5.66. The molecule has 0 fully saturated rings. The van der Waals surface area contributed by atoms with E-state index in [1.165, 1.54) is 21.4 Å². The highest BCUT2D eigenvalue weighted by atomic mass is 32.1. The molecule has 0 aliphatic heterocycles. The van der Waals surface area contributed by atoms with Crippen molar-refractivity contribution in [3.63, 3.8) is 0 Å². The molecule has 1 aromatic heterocycles. The van der Waals surface area contributed by atoms with Crippen LogP contribution in [0.4, 0.5) is 0 Å². The van der Waals surface area contributed by atoms with Gasteiger partial charge in [0.2, 0.25) is 0 Å². The lowest BCUT2D eigenvalue weighted by Gasteiger charge is -2.11. The largest absolute Gasteiger partial charge is 0.327 e. The minimum atomic E-state index is 0.118. The fourth-order valence-corrected chi connectivity index (χ4v) is 3.60. The molecular weight excluding hydrogens is 276 g/mol. The number of fused-ring (bicyclic) bond motifs is 1. The molecule has 2 aromatic carbocycles. The van der Waals surface area contributed by atoms with Gasteiger partial charge >= 0.3 is 0 Å². The second kappa shape index (κ2) is 5.96. The summed E-state index contributed by atoms with van der Waals surface area (Å²) < 4.78 is 1.24. The van der Waals surface area contributed by atoms with Crippen molar-refractivity contribution in [1.82, 2.24) is 4.98 Å². The number of hydrogen-bond acceptors (Lipinski definition) is 3. The zero-order valence-corrected chi connectivity index (χ0v) is 13.3. The van der Waals surface area contributed by atoms with E-state index in [9.17, 15) is 0 Å². The van der Waals surface area contributed by atoms with Crippen LogP contribution in [0.15, 0.2) is 42.5 Å². The number of aryl methyl sites for hydroxylation is 2. The first-order chi connectivity index (χ1) is 10.1. The third-order valence-corrected chi connectivity index (χ3v) is 4.90. The van der Waals surface area contributed by atoms with Crippen molar-refractivity contribution in [2.75, 3.05) is 0 Å². The number of nitrogens with two attached hydrogens (primary N) is 1. The molecule has 2 nitrogen and oxygen atoms in total. The molecule has 0 bridgehead atoms. The summed E-state index contributed by atoms with van der Waals surface area (Å²) >= 11 is 1.75. The average molecular weight is 296 g/mol. The van der Waals surface area contributed by atoms with Crippen LogP contribution in [0.5, 0.6) is 0 Å². The van der Waals surface area contributed by atoms with Crippen molar-refractivity contribution in [2.24, 2.45) is 5.73 Å². The van der Waals surface area contributed by atoms with Crippen LogP contribution in [-0.2, 0) is 12.8 Å². The summed E-state index contributed by atoms with van der Waals surface area (Å²) in [5, 5.41) is 1.13. The van der Waals surface area contributed by atoms with Gasteiger partial charge in [-0.15, -0.1) is 11.3 Å². The topological polar surface area (TPSA) is 38.9 Å². The smallest absolute Gasteiger partial charge is 0.0954 e. The van der Waals surface area contributed by atoms with E-state index in [1.807, 2.05) is 6.07 Å². The van der Waals surface area contributed by atoms with E-state index in [4.69, 9.17) is 5.73 Å². The van der Waals surface area contributed by atoms with Gasteiger partial charge in [0.05, 0.1) is 15.2 Å². The minimum Gasteiger partial charge on any atom is -0.327 e. The van der Waals surface area contributed by atoms with Crippen LogP contribution in [0.1, 0.15) is 21.7 Å². The molecule has 1 atom stereocenters. The third-order valence-electron chi connectivity index (χ3n) is 3.84. The number of nitrogens with zero attached hydrogens (tertiary/aromatic N) is 1. The summed E-state index contributed by atoms with van der Waals surface area (Å²) in [6.07, 6.45) is 1.74. The van der Waals surface area contributed by atoms with Crippen LogP contribution in [0.2, 0.25) is 0 Å². The van der Waals surface area contributed by atoms with E-state index in [1.54, 1.807) is 11.3 Å². The monoisotopic (exact) mass is 296 g/mol. The minimum absolute atomic E-state index is 0.118. The van der Waals surface area contributed by atoms with Crippen LogP contribution in [0, 0.1) is 13.8 Å². The fourth-order valence-electron chi connectivity index (χ4n) is 2.54. The highest BCUT2D eigenvalue weighted by molar-refractivity contribution is 7.18. The van der Waals surface area contributed by atoms with Crippen LogP contribution >= 0.6 is 11.3 Å². The van der Waals surface area contributed by atoms with Gasteiger partial charge < -0.3 is 5.73 Å². The Kier molecular flexibility index (Phi) is 4.04. The van der Waals surface area contributed by atoms with Crippen molar-refractivity contribution in [3.8, 4) is 0 Å². The van der Waals surface area contributed by atoms with Gasteiger partial charge in [-0.05, 0) is 49.1 Å². The van der Waals surface area contributed by atoms with Gasteiger partial charge in [0.1, 0.15) is 0 Å². The number of hydrogen-bond donors (Lipinski definition) is 1. The summed E-state index contributed by atoms with van der Waals surface area (Å²) in [6, 6.07) is 15.0. The summed E-state index contributed by atoms with van der Waals surface area (Å²) in [5.41, 5.74) is 11.4. The van der Waals surface area contributed by atoms with Gasteiger partial charge in [-0.25, -0.2) is 4.98 Å². The van der Waals surface area contributed by atoms with Gasteiger partial charge in [-0.3, -0.25) is 0 Å². The van der Waals surface area contributed by atoms with E-state index in [0.717, 1.165) is 23.4 Å². The SMILES string of the molecule is Cc1ccc(CC(N)Cc2nc3ccccc3s2)cc1C. The van der Waals surface area contributed by atoms with E-state index < -0.39 is 0 Å². The maximum atomic E-state index is 6.31. The van der Waals surface area contributed by atoms with Crippen molar-refractivity contribution in [3.05, 3.63) is 64.2 Å². The van der Waals surface area contributed by atoms with Gasteiger partial charge in [-0.2, -0.15) is 0 Å². The van der Waals surface area contributed by atoms with E-state index in [0.29, 0.717) is 0 Å². The van der Waals surface area contributed by atoms with Gasteiger partial charge in [0.25, 0.3) is 0 Å². The van der Waals surface area contributed by atoms with E-state index in [-0.39, 0.29) is 6.04 Å². The molecule has 3 aromatic rings. The second-order valence-corrected chi connectivity index (χ2v) is 6.78. The molecule has 0 amide bonds. The molecule has 1 heterocycles. The third kappa shape index (κ3) is 3.31. The molecule has 0 saturated carbocycles. The molecular formula is C18H20N2S. The van der Waals surface area contributed by atoms with Gasteiger partial charge in [0.15, 0.2) is 0 Å². The molecule has 3 rings (SSSR count). The molecule has 0 aliphatic rings. The van der Waals surface area contributed by atoms with E-state index in [2.05, 4.69) is 55.2 Å². The first kappa shape index (κ1) is 14.2. The fraction of sp³-hybridized carbons (Fsp3) is 0.278. The lowest BCUT2D eigenvalue weighted by Crippen LogP contribution is -2.25. The van der Waals surface area contributed by atoms with Crippen molar-refractivity contribution in [1.29, 1.82) is 0 Å². The maximum Gasteiger partial charge on any atom is 0.0954 e. The molecule has 21 heavy (non-hydrogen) atoms. The molecule has 108 valence electrons. The van der Waals surface area contributed by atoms with Crippen molar-refractivity contribution < 1.29 is 0 Å². The number of thiazole rings is 1. The average Bonchev–Trinajstić information content (AvgIpc) is 2.84. The zero-order valence-electron chi connectivity index (χ0n) is 12.5. The zero-order chi connectivity index (χ0) is 14.8. The summed E-state index contributed by atoms with van der Waals surface area (Å²) in [5.74, 6) is 0. The quantitative estimate of drug-likeness (QED) is 0.789. The summed E-state index contributed by atoms with van der Waals surface area (Å²) in [7, 11) is 0. The van der Waals surface area contributed by atoms with Crippen molar-refractivity contribution in [2.45, 2.75) is 32.7 Å². The van der Waals surface area contributed by atoms with Crippen LogP contribution < -0.4 is 5.73 Å². The van der Waals surface area contributed by atoms with Crippen molar-refractivity contribution >= 4 is 21.6 Å². The lowest BCUT2D eigenvalue weighted by atomic mass is 10.00. The molecule has 0 radical (unpaired) electrons. The molecule has 0 spiro atoms. The van der Waals surface area contributed by atoms with E-state index >= 15 is 0 Å². The van der Waals surface area contributed by atoms with Gasteiger partial charge in [0, 0.05) is 12.5 Å². The first-order valence-electron chi connectivity index (χ1n) is 7.28. The maximum absolute atomic E-state index is 6.31. The van der Waals surface area contributed by atoms with Gasteiger partial charge in [-0.1, -0.05) is 30.3 Å². The Morgan fingerprint density at radius 2 is 1.86 bits per heavy atom. The Hall–Kier alpha value is -1.71. The lowest BCUT2D eigenvalue weighted by molar-refractivity contribution is 0.663. The predicted molar refractivity (Wildman–Crippen MR) is 90.9 cm³/mol. The Labute approximate surface area is 129 Å². The highest BCUT2D eigenvalue weighted by Crippen LogP contribution is 2.23. The number of para-hydroxylation sites is 1. The van der Waals surface area contributed by atoms with Crippen LogP contribution in [-0.4, -0.2) is 11.0 Å². The predicted octanol–water partition coefficient (Wildman–Crippen LogP) is 4.03. The summed E-state index contributed by atoms with van der Waals surface area (Å²) in [6.45, 7) is 4.29. The molecule has 1 unspecified atom stereocenters. The summed E-state index contributed by atoms with van der Waals surface area (Å²) in [4.78, 5) is 4.66. The Morgan fingerprint density at radius 1 is 1.05 bits per heavy atom. The highest BCUT2D eigenvalue weighted by Gasteiger charge is 2.10. The Morgan fingerprint density at radius 3 is 2.62 bits per heavy atom. The molecule has 0 saturated heterocycles.